The lowest BCUT2D eigenvalue weighted by atomic mass is 10.1. The third-order valence-electron chi connectivity index (χ3n) is 3.53. The molecule has 4 nitrogen and oxygen atoms in total. The van der Waals surface area contributed by atoms with E-state index in [9.17, 15) is 4.79 Å². The molecule has 18 heavy (non-hydrogen) atoms. The number of nitrogens with zero attached hydrogens (tertiary/aromatic N) is 1. The SMILES string of the molecule is O=C(NC1CCOC1C1CC1)c1ccnc(Cl)c1. The van der Waals surface area contributed by atoms with Crippen molar-refractivity contribution in [3.05, 3.63) is 29.0 Å². The second kappa shape index (κ2) is 4.86. The Morgan fingerprint density at radius 3 is 3.00 bits per heavy atom. The van der Waals surface area contributed by atoms with Crippen molar-refractivity contribution in [3.8, 4) is 0 Å². The summed E-state index contributed by atoms with van der Waals surface area (Å²) in [4.78, 5) is 16.0. The van der Waals surface area contributed by atoms with E-state index in [-0.39, 0.29) is 18.1 Å². The van der Waals surface area contributed by atoms with Crippen LogP contribution in [-0.2, 0) is 4.74 Å². The summed E-state index contributed by atoms with van der Waals surface area (Å²) < 4.78 is 5.70. The first-order chi connectivity index (χ1) is 8.74. The molecular weight excluding hydrogens is 252 g/mol. The molecule has 0 bridgehead atoms. The van der Waals surface area contributed by atoms with Crippen molar-refractivity contribution < 1.29 is 9.53 Å². The second-order valence-corrected chi connectivity index (χ2v) is 5.30. The summed E-state index contributed by atoms with van der Waals surface area (Å²) in [6, 6.07) is 3.39. The van der Waals surface area contributed by atoms with Gasteiger partial charge in [-0.05, 0) is 37.3 Å². The minimum absolute atomic E-state index is 0.0968. The summed E-state index contributed by atoms with van der Waals surface area (Å²) in [6.07, 6.45) is 5.08. The molecule has 0 spiro atoms. The Labute approximate surface area is 111 Å². The van der Waals surface area contributed by atoms with Gasteiger partial charge in [-0.3, -0.25) is 4.79 Å². The highest BCUT2D eigenvalue weighted by Crippen LogP contribution is 2.38. The Balaban J connectivity index is 1.66. The number of ether oxygens (including phenoxy) is 1. The molecule has 0 aromatic carbocycles. The number of amides is 1. The van der Waals surface area contributed by atoms with Gasteiger partial charge >= 0.3 is 0 Å². The van der Waals surface area contributed by atoms with Gasteiger partial charge in [-0.2, -0.15) is 0 Å². The van der Waals surface area contributed by atoms with Crippen LogP contribution in [0.1, 0.15) is 29.6 Å². The largest absolute Gasteiger partial charge is 0.376 e. The number of hydrogen-bond donors (Lipinski definition) is 1. The molecule has 1 N–H and O–H groups in total. The third kappa shape index (κ3) is 2.49. The number of aromatic nitrogens is 1. The normalized spacial score (nSPS) is 27.2. The molecule has 1 saturated heterocycles. The molecular formula is C13H15ClN2O2. The van der Waals surface area contributed by atoms with Crippen molar-refractivity contribution in [2.24, 2.45) is 5.92 Å². The Hall–Kier alpha value is -1.13. The summed E-state index contributed by atoms with van der Waals surface area (Å²) in [5.74, 6) is 0.541. The zero-order valence-corrected chi connectivity index (χ0v) is 10.7. The first-order valence-electron chi connectivity index (χ1n) is 6.28. The van der Waals surface area contributed by atoms with Crippen LogP contribution >= 0.6 is 11.6 Å². The summed E-state index contributed by atoms with van der Waals surface area (Å²) in [6.45, 7) is 0.739. The molecule has 96 valence electrons. The van der Waals surface area contributed by atoms with E-state index in [1.54, 1.807) is 18.3 Å². The molecule has 2 fully saturated rings. The van der Waals surface area contributed by atoms with E-state index in [4.69, 9.17) is 16.3 Å². The predicted molar refractivity (Wildman–Crippen MR) is 67.6 cm³/mol. The highest BCUT2D eigenvalue weighted by Gasteiger charge is 2.41. The highest BCUT2D eigenvalue weighted by molar-refractivity contribution is 6.29. The monoisotopic (exact) mass is 266 g/mol. The van der Waals surface area contributed by atoms with Crippen LogP contribution in [-0.4, -0.2) is 29.6 Å². The van der Waals surface area contributed by atoms with Crippen LogP contribution in [0.2, 0.25) is 5.15 Å². The third-order valence-corrected chi connectivity index (χ3v) is 3.73. The molecule has 1 aliphatic carbocycles. The van der Waals surface area contributed by atoms with Gasteiger partial charge in [0, 0.05) is 18.4 Å². The molecule has 1 aliphatic heterocycles. The fraction of sp³-hybridized carbons (Fsp3) is 0.538. The van der Waals surface area contributed by atoms with E-state index in [1.807, 2.05) is 0 Å². The minimum atomic E-state index is -0.0968. The van der Waals surface area contributed by atoms with Crippen LogP contribution in [0.4, 0.5) is 0 Å². The summed E-state index contributed by atoms with van der Waals surface area (Å²) in [5, 5.41) is 3.38. The molecule has 2 atom stereocenters. The van der Waals surface area contributed by atoms with Gasteiger partial charge in [-0.1, -0.05) is 11.6 Å². The lowest BCUT2D eigenvalue weighted by molar-refractivity contribution is 0.0729. The summed E-state index contributed by atoms with van der Waals surface area (Å²) in [5.41, 5.74) is 0.552. The maximum absolute atomic E-state index is 12.1. The maximum Gasteiger partial charge on any atom is 0.251 e. The van der Waals surface area contributed by atoms with Crippen molar-refractivity contribution >= 4 is 17.5 Å². The van der Waals surface area contributed by atoms with Gasteiger partial charge in [0.05, 0.1) is 12.1 Å². The number of nitrogens with one attached hydrogen (secondary N) is 1. The second-order valence-electron chi connectivity index (χ2n) is 4.91. The van der Waals surface area contributed by atoms with Gasteiger partial charge < -0.3 is 10.1 Å². The maximum atomic E-state index is 12.1. The van der Waals surface area contributed by atoms with E-state index in [0.717, 1.165) is 13.0 Å². The average molecular weight is 267 g/mol. The molecule has 0 radical (unpaired) electrons. The predicted octanol–water partition coefficient (Wildman–Crippen LogP) is 2.03. The van der Waals surface area contributed by atoms with Gasteiger partial charge in [0.25, 0.3) is 5.91 Å². The van der Waals surface area contributed by atoms with Crippen LogP contribution in [0.3, 0.4) is 0 Å². The van der Waals surface area contributed by atoms with Crippen molar-refractivity contribution in [2.75, 3.05) is 6.61 Å². The van der Waals surface area contributed by atoms with E-state index < -0.39 is 0 Å². The summed E-state index contributed by atoms with van der Waals surface area (Å²) >= 11 is 5.78. The van der Waals surface area contributed by atoms with Crippen LogP contribution < -0.4 is 5.32 Å². The Bertz CT molecular complexity index is 462. The Morgan fingerprint density at radius 2 is 2.28 bits per heavy atom. The lowest BCUT2D eigenvalue weighted by Crippen LogP contribution is -2.41. The molecule has 2 aliphatic rings. The number of carbonyl (C=O) groups excluding carboxylic acids is 1. The first kappa shape index (κ1) is 11.9. The average Bonchev–Trinajstić information content (AvgIpc) is 3.10. The molecule has 2 heterocycles. The van der Waals surface area contributed by atoms with Crippen LogP contribution in [0.5, 0.6) is 0 Å². The van der Waals surface area contributed by atoms with Gasteiger partial charge in [0.1, 0.15) is 5.15 Å². The van der Waals surface area contributed by atoms with E-state index >= 15 is 0 Å². The molecule has 1 saturated carbocycles. The number of halogens is 1. The minimum Gasteiger partial charge on any atom is -0.376 e. The van der Waals surface area contributed by atoms with Gasteiger partial charge in [-0.25, -0.2) is 4.98 Å². The molecule has 3 rings (SSSR count). The summed E-state index contributed by atoms with van der Waals surface area (Å²) in [7, 11) is 0. The topological polar surface area (TPSA) is 51.2 Å². The van der Waals surface area contributed by atoms with Gasteiger partial charge in [-0.15, -0.1) is 0 Å². The van der Waals surface area contributed by atoms with Crippen molar-refractivity contribution in [1.29, 1.82) is 0 Å². The number of hydrogen-bond acceptors (Lipinski definition) is 3. The number of carbonyl (C=O) groups is 1. The number of pyridine rings is 1. The lowest BCUT2D eigenvalue weighted by Gasteiger charge is -2.19. The van der Waals surface area contributed by atoms with Crippen LogP contribution in [0.15, 0.2) is 18.3 Å². The van der Waals surface area contributed by atoms with Crippen LogP contribution in [0, 0.1) is 5.92 Å². The smallest absolute Gasteiger partial charge is 0.251 e. The molecule has 2 unspecified atom stereocenters. The quantitative estimate of drug-likeness (QED) is 0.852. The standard InChI is InChI=1S/C13H15ClN2O2/c14-11-7-9(3-5-15-11)13(17)16-10-4-6-18-12(10)8-1-2-8/h3,5,7-8,10,12H,1-2,4,6H2,(H,16,17). The molecule has 1 amide bonds. The Morgan fingerprint density at radius 1 is 1.44 bits per heavy atom. The van der Waals surface area contributed by atoms with E-state index in [2.05, 4.69) is 10.3 Å². The Kier molecular flexibility index (Phi) is 3.22. The number of rotatable bonds is 3. The zero-order valence-electron chi connectivity index (χ0n) is 9.93. The fourth-order valence-electron chi connectivity index (χ4n) is 2.45. The molecule has 1 aromatic heterocycles. The van der Waals surface area contributed by atoms with Crippen molar-refractivity contribution in [3.63, 3.8) is 0 Å². The van der Waals surface area contributed by atoms with Crippen molar-refractivity contribution in [1.82, 2.24) is 10.3 Å². The fourth-order valence-corrected chi connectivity index (χ4v) is 2.62. The highest BCUT2D eigenvalue weighted by atomic mass is 35.5. The van der Waals surface area contributed by atoms with Crippen molar-refractivity contribution in [2.45, 2.75) is 31.4 Å². The van der Waals surface area contributed by atoms with Gasteiger partial charge in [0.15, 0.2) is 0 Å². The van der Waals surface area contributed by atoms with E-state index in [1.165, 1.54) is 12.8 Å². The zero-order chi connectivity index (χ0) is 12.5. The van der Waals surface area contributed by atoms with Gasteiger partial charge in [0.2, 0.25) is 0 Å². The first-order valence-corrected chi connectivity index (χ1v) is 6.66. The van der Waals surface area contributed by atoms with Crippen LogP contribution in [0.25, 0.3) is 0 Å². The van der Waals surface area contributed by atoms with E-state index in [0.29, 0.717) is 16.6 Å². The molecule has 1 aromatic rings. The molecule has 5 heteroatoms.